The van der Waals surface area contributed by atoms with Gasteiger partial charge in [-0.15, -0.1) is 20.4 Å². The molecule has 17 nitrogen and oxygen atoms in total. The minimum absolute atomic E-state index is 0.0341. The summed E-state index contributed by atoms with van der Waals surface area (Å²) in [7, 11) is -6.23. The number of nitrogens with zero attached hydrogens (tertiary/aromatic N) is 6. The van der Waals surface area contributed by atoms with Gasteiger partial charge in [-0.1, -0.05) is 59.1 Å². The summed E-state index contributed by atoms with van der Waals surface area (Å²) in [4.78, 5) is 11.4. The molecule has 0 unspecified atom stereocenters. The Kier molecular flexibility index (Phi) is 15.7. The SMILES string of the molecule is CC(C)Oc1ccc(-c2nnc(-c3cccc4c3CC[C@@H]4NS(=O)(=O)CCO)s2)cc1C#N.COC(=O)CS(=O)(=O)N[C@H]1CCc2c(-c3nnc(-c4ccc(OC(C)C)c(C#N)c4)s3)cccc21. The number of carbonyl (C=O) groups is 1. The average molecular weight is 997 g/mol. The van der Waals surface area contributed by atoms with Crippen LogP contribution in [-0.4, -0.2) is 85.7 Å². The molecule has 68 heavy (non-hydrogen) atoms. The molecule has 2 aromatic heterocycles. The van der Waals surface area contributed by atoms with E-state index in [9.17, 15) is 32.2 Å². The van der Waals surface area contributed by atoms with Crippen LogP contribution in [0.4, 0.5) is 0 Å². The minimum atomic E-state index is -3.83. The number of rotatable bonds is 16. The van der Waals surface area contributed by atoms with Crippen molar-refractivity contribution in [3.63, 3.8) is 0 Å². The van der Waals surface area contributed by atoms with Crippen molar-refractivity contribution >= 4 is 48.7 Å². The Morgan fingerprint density at radius 3 is 1.56 bits per heavy atom. The molecular weight excluding hydrogens is 949 g/mol. The standard InChI is InChI=1S/C24H24N4O5S2.C23H24N4O4S2/c1-14(2)33-21-10-7-15(11-16(21)12-25)23-26-27-24(34-23)19-6-4-5-18-17(19)8-9-20(18)28-35(30,31)13-22(29)32-3;1-14(2)31-21-9-6-15(12-16(21)13-24)22-25-26-23(32-22)19-5-3-4-18-17(19)7-8-20(18)27-33(29,30)11-10-28/h4-7,10-11,14,20,28H,8-9,13H2,1-3H3;3-6,9,12,14,20,27-28H,7-8,10-11H2,1-2H3/t2*20-/m00/s1. The van der Waals surface area contributed by atoms with Crippen molar-refractivity contribution in [2.45, 2.75) is 77.7 Å². The molecule has 0 fully saturated rings. The van der Waals surface area contributed by atoms with Crippen LogP contribution >= 0.6 is 22.7 Å². The van der Waals surface area contributed by atoms with E-state index in [-0.39, 0.29) is 24.0 Å². The van der Waals surface area contributed by atoms with Gasteiger partial charge in [-0.2, -0.15) is 10.5 Å². The number of aliphatic hydroxyl groups excluding tert-OH is 1. The number of fused-ring (bicyclic) bond motifs is 2. The lowest BCUT2D eigenvalue weighted by Crippen LogP contribution is -2.33. The molecule has 0 saturated carbocycles. The Balaban J connectivity index is 0.000000202. The first-order valence-electron chi connectivity index (χ1n) is 21.5. The van der Waals surface area contributed by atoms with Crippen molar-refractivity contribution < 1.29 is 40.9 Å². The molecule has 6 aromatic rings. The Bertz CT molecular complexity index is 3140. The Morgan fingerprint density at radius 1 is 0.706 bits per heavy atom. The molecule has 2 heterocycles. The molecule has 0 bridgehead atoms. The van der Waals surface area contributed by atoms with Gasteiger partial charge in [0.15, 0.2) is 5.75 Å². The molecule has 0 amide bonds. The quantitative estimate of drug-likeness (QED) is 0.0822. The van der Waals surface area contributed by atoms with E-state index < -0.39 is 44.4 Å². The van der Waals surface area contributed by atoms with Gasteiger partial charge in [0.05, 0.1) is 42.8 Å². The molecule has 8 rings (SSSR count). The van der Waals surface area contributed by atoms with E-state index in [1.165, 1.54) is 22.7 Å². The van der Waals surface area contributed by atoms with Crippen LogP contribution < -0.4 is 18.9 Å². The van der Waals surface area contributed by atoms with Gasteiger partial charge in [0, 0.05) is 34.3 Å². The molecule has 2 aliphatic carbocycles. The van der Waals surface area contributed by atoms with Crippen LogP contribution in [0.2, 0.25) is 0 Å². The topological polar surface area (TPSA) is 256 Å². The normalized spacial score (nSPS) is 15.2. The van der Waals surface area contributed by atoms with E-state index in [0.29, 0.717) is 63.3 Å². The lowest BCUT2D eigenvalue weighted by Gasteiger charge is -2.14. The van der Waals surface area contributed by atoms with E-state index in [4.69, 9.17) is 14.6 Å². The third kappa shape index (κ3) is 11.7. The highest BCUT2D eigenvalue weighted by Crippen LogP contribution is 2.42. The van der Waals surface area contributed by atoms with E-state index in [2.05, 4.69) is 46.7 Å². The minimum Gasteiger partial charge on any atom is -0.490 e. The van der Waals surface area contributed by atoms with Crippen LogP contribution in [0.25, 0.3) is 42.3 Å². The highest BCUT2D eigenvalue weighted by atomic mass is 32.2. The number of nitrogens with one attached hydrogen (secondary N) is 2. The smallest absolute Gasteiger partial charge is 0.322 e. The van der Waals surface area contributed by atoms with Gasteiger partial charge < -0.3 is 19.3 Å². The third-order valence-corrected chi connectivity index (χ3v) is 15.4. The number of sulfonamides is 2. The number of aliphatic hydroxyl groups is 1. The van der Waals surface area contributed by atoms with Crippen molar-refractivity contribution in [2.75, 3.05) is 25.2 Å². The fourth-order valence-corrected chi connectivity index (χ4v) is 11.9. The molecule has 4 aromatic carbocycles. The summed E-state index contributed by atoms with van der Waals surface area (Å²) >= 11 is 2.82. The number of ether oxygens (including phenoxy) is 3. The highest BCUT2D eigenvalue weighted by molar-refractivity contribution is 7.90. The zero-order valence-corrected chi connectivity index (χ0v) is 41.0. The molecule has 2 aliphatic rings. The Morgan fingerprint density at radius 2 is 1.15 bits per heavy atom. The summed E-state index contributed by atoms with van der Waals surface area (Å²) in [6.07, 6.45) is 2.51. The number of carbonyl (C=O) groups excluding carboxylic acids is 1. The van der Waals surface area contributed by atoms with Crippen molar-refractivity contribution in [1.29, 1.82) is 10.5 Å². The number of nitriles is 2. The molecule has 2 atom stereocenters. The van der Waals surface area contributed by atoms with Gasteiger partial charge in [-0.05, 0) is 112 Å². The summed E-state index contributed by atoms with van der Waals surface area (Å²) in [6, 6.07) is 25.8. The fraction of sp³-hybridized carbons (Fsp3) is 0.340. The van der Waals surface area contributed by atoms with Crippen molar-refractivity contribution in [3.05, 3.63) is 106 Å². The molecule has 21 heteroatoms. The predicted molar refractivity (Wildman–Crippen MR) is 258 cm³/mol. The number of methoxy groups -OCH3 is 1. The summed E-state index contributed by atoms with van der Waals surface area (Å²) < 4.78 is 70.1. The molecule has 354 valence electrons. The monoisotopic (exact) mass is 996 g/mol. The van der Waals surface area contributed by atoms with Gasteiger partial charge >= 0.3 is 5.97 Å². The lowest BCUT2D eigenvalue weighted by molar-refractivity contribution is -0.137. The van der Waals surface area contributed by atoms with Crippen LogP contribution in [0.1, 0.15) is 86.0 Å². The van der Waals surface area contributed by atoms with E-state index in [1.807, 2.05) is 76.2 Å². The third-order valence-electron chi connectivity index (χ3n) is 10.8. The molecule has 0 saturated heterocycles. The zero-order valence-electron chi connectivity index (χ0n) is 37.7. The molecule has 0 aliphatic heterocycles. The van der Waals surface area contributed by atoms with Crippen molar-refractivity contribution in [1.82, 2.24) is 29.8 Å². The fourth-order valence-electron chi connectivity index (χ4n) is 7.93. The summed E-state index contributed by atoms with van der Waals surface area (Å²) in [5.41, 5.74) is 8.07. The second kappa shape index (κ2) is 21.4. The number of benzene rings is 4. The molecular formula is C47H48N8O9S4. The second-order valence-electron chi connectivity index (χ2n) is 16.3. The maximum atomic E-state index is 12.4. The summed E-state index contributed by atoms with van der Waals surface area (Å²) in [5, 5.41) is 48.2. The number of hydrogen-bond acceptors (Lipinski definition) is 17. The van der Waals surface area contributed by atoms with E-state index in [1.54, 1.807) is 24.3 Å². The number of hydrogen-bond donors (Lipinski definition) is 3. The largest absolute Gasteiger partial charge is 0.490 e. The van der Waals surface area contributed by atoms with Crippen molar-refractivity contribution in [2.24, 2.45) is 0 Å². The summed E-state index contributed by atoms with van der Waals surface area (Å²) in [6.45, 7) is 7.21. The highest BCUT2D eigenvalue weighted by Gasteiger charge is 2.31. The predicted octanol–water partition coefficient (Wildman–Crippen LogP) is 7.04. The number of aromatic nitrogens is 4. The molecule has 0 radical (unpaired) electrons. The van der Waals surface area contributed by atoms with Gasteiger partial charge in [-0.3, -0.25) is 4.79 Å². The van der Waals surface area contributed by atoms with Crippen LogP contribution in [0.3, 0.4) is 0 Å². The van der Waals surface area contributed by atoms with Crippen LogP contribution in [0.15, 0.2) is 72.8 Å². The Hall–Kier alpha value is -6.17. The molecule has 3 N–H and O–H groups in total. The van der Waals surface area contributed by atoms with Crippen LogP contribution in [0, 0.1) is 22.7 Å². The van der Waals surface area contributed by atoms with E-state index in [0.717, 1.165) is 56.6 Å². The van der Waals surface area contributed by atoms with Gasteiger partial charge in [-0.25, -0.2) is 26.3 Å². The number of esters is 1. The first kappa shape index (κ1) is 49.7. The van der Waals surface area contributed by atoms with E-state index >= 15 is 0 Å². The maximum Gasteiger partial charge on any atom is 0.322 e. The first-order chi connectivity index (χ1) is 32.5. The maximum absolute atomic E-state index is 12.4. The van der Waals surface area contributed by atoms with Gasteiger partial charge in [0.25, 0.3) is 0 Å². The van der Waals surface area contributed by atoms with Gasteiger partial charge in [0.1, 0.15) is 43.7 Å². The lowest BCUT2D eigenvalue weighted by atomic mass is 10.0. The van der Waals surface area contributed by atoms with Gasteiger partial charge in [0.2, 0.25) is 20.0 Å². The Labute approximate surface area is 402 Å². The zero-order chi connectivity index (χ0) is 48.8. The van der Waals surface area contributed by atoms with Crippen LogP contribution in [-0.2, 0) is 42.4 Å². The first-order valence-corrected chi connectivity index (χ1v) is 26.5. The average Bonchev–Trinajstić information content (AvgIpc) is 4.14. The van der Waals surface area contributed by atoms with Crippen molar-refractivity contribution in [3.8, 4) is 65.9 Å². The summed E-state index contributed by atoms with van der Waals surface area (Å²) in [5.74, 6) is -0.784. The van der Waals surface area contributed by atoms with Crippen LogP contribution in [0.5, 0.6) is 11.5 Å². The second-order valence-corrected chi connectivity index (χ2v) is 21.9. The molecule has 0 spiro atoms.